The minimum Gasteiger partial charge on any atom is -0.323 e. The zero-order valence-electron chi connectivity index (χ0n) is 10.5. The molecule has 2 unspecified atom stereocenters. The first-order valence-corrected chi connectivity index (χ1v) is 7.79. The number of allylic oxidation sites excluding steroid dienone is 1. The Hall–Kier alpha value is 0.0500. The predicted molar refractivity (Wildman–Crippen MR) is 73.9 cm³/mol. The van der Waals surface area contributed by atoms with Gasteiger partial charge in [0.05, 0.1) is 0 Å². The van der Waals surface area contributed by atoms with Crippen molar-refractivity contribution in [3.05, 3.63) is 11.6 Å². The lowest BCUT2D eigenvalue weighted by atomic mass is 9.86. The van der Waals surface area contributed by atoms with Crippen molar-refractivity contribution < 1.29 is 0 Å². The van der Waals surface area contributed by atoms with Gasteiger partial charge in [0.2, 0.25) is 0 Å². The minimum absolute atomic E-state index is 0.304. The molecule has 92 valence electrons. The zero-order chi connectivity index (χ0) is 11.4. The highest BCUT2D eigenvalue weighted by atomic mass is 32.2. The van der Waals surface area contributed by atoms with Crippen molar-refractivity contribution in [3.63, 3.8) is 0 Å². The van der Waals surface area contributed by atoms with Gasteiger partial charge >= 0.3 is 0 Å². The van der Waals surface area contributed by atoms with Gasteiger partial charge in [-0.3, -0.25) is 0 Å². The Kier molecular flexibility index (Phi) is 4.37. The number of thioether (sulfide) groups is 1. The molecule has 1 heterocycles. The largest absolute Gasteiger partial charge is 0.323 e. The van der Waals surface area contributed by atoms with Crippen molar-refractivity contribution in [1.82, 2.24) is 0 Å². The second-order valence-corrected chi connectivity index (χ2v) is 7.10. The molecular weight excluding hydrogens is 214 g/mol. The molecule has 0 bridgehead atoms. The first kappa shape index (κ1) is 12.5. The van der Waals surface area contributed by atoms with Gasteiger partial charge in [0.1, 0.15) is 0 Å². The summed E-state index contributed by atoms with van der Waals surface area (Å²) in [7, 11) is 0. The van der Waals surface area contributed by atoms with Crippen LogP contribution in [0, 0.1) is 0 Å². The fraction of sp³-hybridized carbons (Fsp3) is 0.857. The molecular formula is C14H25NS. The Balaban J connectivity index is 2.03. The summed E-state index contributed by atoms with van der Waals surface area (Å²) < 4.78 is 0.324. The van der Waals surface area contributed by atoms with Crippen LogP contribution in [0.4, 0.5) is 0 Å². The van der Waals surface area contributed by atoms with Crippen molar-refractivity contribution in [2.75, 3.05) is 5.75 Å². The van der Waals surface area contributed by atoms with Gasteiger partial charge < -0.3 is 5.73 Å². The Morgan fingerprint density at radius 2 is 2.06 bits per heavy atom. The lowest BCUT2D eigenvalue weighted by Crippen LogP contribution is -2.42. The highest BCUT2D eigenvalue weighted by Crippen LogP contribution is 2.42. The molecule has 2 aliphatic rings. The summed E-state index contributed by atoms with van der Waals surface area (Å²) in [6.45, 7) is 2.37. The minimum atomic E-state index is 0.304. The molecule has 1 aliphatic heterocycles. The summed E-state index contributed by atoms with van der Waals surface area (Å²) in [5.74, 6) is 1.30. The van der Waals surface area contributed by atoms with Gasteiger partial charge in [-0.05, 0) is 51.2 Å². The third-order valence-electron chi connectivity index (χ3n) is 4.13. The van der Waals surface area contributed by atoms with Crippen molar-refractivity contribution in [1.29, 1.82) is 0 Å². The highest BCUT2D eigenvalue weighted by Gasteiger charge is 2.37. The number of nitrogens with two attached hydrogens (primary N) is 1. The van der Waals surface area contributed by atoms with Gasteiger partial charge in [-0.15, -0.1) is 0 Å². The summed E-state index contributed by atoms with van der Waals surface area (Å²) in [5, 5.41) is 0. The van der Waals surface area contributed by atoms with Gasteiger partial charge in [-0.2, -0.15) is 11.8 Å². The molecule has 2 N–H and O–H groups in total. The van der Waals surface area contributed by atoms with Crippen LogP contribution in [-0.2, 0) is 0 Å². The maximum Gasteiger partial charge on any atom is 0.0400 e. The fourth-order valence-corrected chi connectivity index (χ4v) is 4.31. The summed E-state index contributed by atoms with van der Waals surface area (Å²) >= 11 is 2.09. The van der Waals surface area contributed by atoms with Crippen LogP contribution >= 0.6 is 11.8 Å². The van der Waals surface area contributed by atoms with E-state index in [0.717, 1.165) is 0 Å². The second kappa shape index (κ2) is 5.59. The van der Waals surface area contributed by atoms with Crippen molar-refractivity contribution in [2.45, 2.75) is 69.1 Å². The molecule has 2 rings (SSSR count). The van der Waals surface area contributed by atoms with E-state index in [4.69, 9.17) is 5.73 Å². The topological polar surface area (TPSA) is 26.0 Å². The van der Waals surface area contributed by atoms with Crippen molar-refractivity contribution in [3.8, 4) is 0 Å². The van der Waals surface area contributed by atoms with Gasteiger partial charge in [-0.25, -0.2) is 0 Å². The van der Waals surface area contributed by atoms with Crippen LogP contribution in [0.15, 0.2) is 11.6 Å². The monoisotopic (exact) mass is 239 g/mol. The highest BCUT2D eigenvalue weighted by molar-refractivity contribution is 8.00. The SMILES string of the molecule is CC1(C(N)C2=CCCCCCC2)CCCS1. The Morgan fingerprint density at radius 3 is 2.81 bits per heavy atom. The average molecular weight is 239 g/mol. The molecule has 0 saturated carbocycles. The van der Waals surface area contributed by atoms with Gasteiger partial charge in [-0.1, -0.05) is 24.5 Å². The first-order chi connectivity index (χ1) is 7.72. The third-order valence-corrected chi connectivity index (χ3v) is 5.74. The Bertz CT molecular complexity index is 253. The van der Waals surface area contributed by atoms with E-state index in [1.165, 1.54) is 57.1 Å². The first-order valence-electron chi connectivity index (χ1n) is 6.81. The van der Waals surface area contributed by atoms with Gasteiger partial charge in [0.15, 0.2) is 0 Å². The number of rotatable bonds is 2. The van der Waals surface area contributed by atoms with Crippen LogP contribution in [0.25, 0.3) is 0 Å². The lowest BCUT2D eigenvalue weighted by molar-refractivity contribution is 0.503. The van der Waals surface area contributed by atoms with Crippen LogP contribution in [0.3, 0.4) is 0 Å². The normalized spacial score (nSPS) is 34.0. The molecule has 0 spiro atoms. The van der Waals surface area contributed by atoms with Crippen molar-refractivity contribution in [2.24, 2.45) is 5.73 Å². The smallest absolute Gasteiger partial charge is 0.0400 e. The molecule has 2 atom stereocenters. The molecule has 2 heteroatoms. The average Bonchev–Trinajstić information content (AvgIpc) is 2.65. The van der Waals surface area contributed by atoms with Crippen LogP contribution in [0.1, 0.15) is 58.3 Å². The molecule has 1 saturated heterocycles. The Morgan fingerprint density at radius 1 is 1.25 bits per heavy atom. The third kappa shape index (κ3) is 2.84. The summed E-state index contributed by atoms with van der Waals surface area (Å²) in [6, 6.07) is 0.304. The zero-order valence-corrected chi connectivity index (χ0v) is 11.3. The molecule has 0 aromatic carbocycles. The molecule has 1 aliphatic carbocycles. The van der Waals surface area contributed by atoms with E-state index in [9.17, 15) is 0 Å². The second-order valence-electron chi connectivity index (χ2n) is 5.47. The molecule has 0 radical (unpaired) electrons. The summed E-state index contributed by atoms with van der Waals surface area (Å²) in [4.78, 5) is 0. The standard InChI is InChI=1S/C14H25NS/c1-14(10-7-11-16-14)13(15)12-8-5-3-2-4-6-9-12/h8,13H,2-7,9-11,15H2,1H3. The van der Waals surface area contributed by atoms with E-state index in [-0.39, 0.29) is 0 Å². The van der Waals surface area contributed by atoms with Crippen LogP contribution in [0.2, 0.25) is 0 Å². The van der Waals surface area contributed by atoms with Crippen LogP contribution in [-0.4, -0.2) is 16.5 Å². The van der Waals surface area contributed by atoms with Gasteiger partial charge in [0.25, 0.3) is 0 Å². The fourth-order valence-electron chi connectivity index (χ4n) is 2.94. The predicted octanol–water partition coefficient (Wildman–Crippen LogP) is 3.88. The van der Waals surface area contributed by atoms with Gasteiger partial charge in [0, 0.05) is 10.8 Å². The maximum atomic E-state index is 6.52. The van der Waals surface area contributed by atoms with E-state index in [0.29, 0.717) is 10.8 Å². The molecule has 16 heavy (non-hydrogen) atoms. The molecule has 0 aromatic heterocycles. The Labute approximate surface area is 104 Å². The van der Waals surface area contributed by atoms with Crippen LogP contribution < -0.4 is 5.73 Å². The number of hydrogen-bond acceptors (Lipinski definition) is 2. The van der Waals surface area contributed by atoms with E-state index >= 15 is 0 Å². The van der Waals surface area contributed by atoms with Crippen LogP contribution in [0.5, 0.6) is 0 Å². The summed E-state index contributed by atoms with van der Waals surface area (Å²) in [6.07, 6.45) is 13.1. The summed E-state index contributed by atoms with van der Waals surface area (Å²) in [5.41, 5.74) is 8.07. The quantitative estimate of drug-likeness (QED) is 0.740. The molecule has 0 aromatic rings. The van der Waals surface area contributed by atoms with E-state index < -0.39 is 0 Å². The molecule has 1 fully saturated rings. The lowest BCUT2D eigenvalue weighted by Gasteiger charge is -2.33. The van der Waals surface area contributed by atoms with Crippen molar-refractivity contribution >= 4 is 11.8 Å². The molecule has 1 nitrogen and oxygen atoms in total. The van der Waals surface area contributed by atoms with E-state index in [1.54, 1.807) is 5.57 Å². The maximum absolute atomic E-state index is 6.52. The van der Waals surface area contributed by atoms with E-state index in [2.05, 4.69) is 24.8 Å². The van der Waals surface area contributed by atoms with E-state index in [1.807, 2.05) is 0 Å². The molecule has 0 amide bonds. The number of hydrogen-bond donors (Lipinski definition) is 1.